The molecule has 1 atom stereocenters. The summed E-state index contributed by atoms with van der Waals surface area (Å²) in [7, 11) is 0. The fraction of sp³-hybridized carbons (Fsp3) is 1.00. The zero-order chi connectivity index (χ0) is 9.78. The Morgan fingerprint density at radius 3 is 1.92 bits per heavy atom. The molecule has 2 nitrogen and oxygen atoms in total. The normalized spacial score (nSPS) is 15.2. The third-order valence-corrected chi connectivity index (χ3v) is 2.53. The molecule has 0 aliphatic carbocycles. The van der Waals surface area contributed by atoms with Gasteiger partial charge in [-0.3, -0.25) is 0 Å². The van der Waals surface area contributed by atoms with Crippen LogP contribution in [0.15, 0.2) is 0 Å². The molecule has 1 unspecified atom stereocenters. The van der Waals surface area contributed by atoms with Gasteiger partial charge < -0.3 is 10.4 Å². The molecule has 0 spiro atoms. The molecule has 2 N–H and O–H groups in total. The van der Waals surface area contributed by atoms with Crippen LogP contribution in [0.25, 0.3) is 0 Å². The molecule has 2 heteroatoms. The van der Waals surface area contributed by atoms with Crippen molar-refractivity contribution in [1.29, 1.82) is 0 Å². The predicted octanol–water partition coefficient (Wildman–Crippen LogP) is 1.92. The Balaban J connectivity index is 3.90. The lowest BCUT2D eigenvalue weighted by Crippen LogP contribution is -2.48. The van der Waals surface area contributed by atoms with Crippen LogP contribution in [0.3, 0.4) is 0 Å². The smallest absolute Gasteiger partial charge is 0.0741 e. The summed E-state index contributed by atoms with van der Waals surface area (Å²) in [5, 5.41) is 13.1. The lowest BCUT2D eigenvalue weighted by Gasteiger charge is -2.30. The first-order valence-electron chi connectivity index (χ1n) is 4.90. The lowest BCUT2D eigenvalue weighted by atomic mass is 9.99. The molecule has 0 rings (SSSR count). The van der Waals surface area contributed by atoms with Gasteiger partial charge in [0.05, 0.1) is 5.60 Å². The molecule has 0 fully saturated rings. The summed E-state index contributed by atoms with van der Waals surface area (Å²) in [5.74, 6) is 0. The fourth-order valence-electron chi connectivity index (χ4n) is 1.08. The lowest BCUT2D eigenvalue weighted by molar-refractivity contribution is 0.0394. The molecule has 0 aromatic heterocycles. The second-order valence-corrected chi connectivity index (χ2v) is 4.06. The number of nitrogens with one attached hydrogen (secondary N) is 1. The quantitative estimate of drug-likeness (QED) is 0.666. The molecular weight excluding hydrogens is 150 g/mol. The molecule has 0 aliphatic heterocycles. The van der Waals surface area contributed by atoms with Gasteiger partial charge in [0.1, 0.15) is 0 Å². The average molecular weight is 173 g/mol. The highest BCUT2D eigenvalue weighted by molar-refractivity contribution is 4.82. The predicted molar refractivity (Wildman–Crippen MR) is 53.3 cm³/mol. The number of hydrogen-bond acceptors (Lipinski definition) is 2. The Morgan fingerprint density at radius 1 is 1.25 bits per heavy atom. The van der Waals surface area contributed by atoms with E-state index in [1.54, 1.807) is 0 Å². The fourth-order valence-corrected chi connectivity index (χ4v) is 1.08. The van der Waals surface area contributed by atoms with E-state index in [2.05, 4.69) is 19.2 Å². The molecule has 0 radical (unpaired) electrons. The van der Waals surface area contributed by atoms with Gasteiger partial charge >= 0.3 is 0 Å². The Bertz CT molecular complexity index is 113. The first kappa shape index (κ1) is 11.9. The zero-order valence-corrected chi connectivity index (χ0v) is 9.02. The Kier molecular flexibility index (Phi) is 4.80. The molecule has 0 aliphatic rings. The van der Waals surface area contributed by atoms with E-state index in [0.717, 1.165) is 12.8 Å². The van der Waals surface area contributed by atoms with Crippen molar-refractivity contribution in [1.82, 2.24) is 5.32 Å². The maximum Gasteiger partial charge on any atom is 0.0741 e. The van der Waals surface area contributed by atoms with E-state index < -0.39 is 5.60 Å². The second kappa shape index (κ2) is 4.83. The molecule has 0 saturated carbocycles. The Labute approximate surface area is 76.4 Å². The van der Waals surface area contributed by atoms with Crippen molar-refractivity contribution in [2.75, 3.05) is 0 Å². The van der Waals surface area contributed by atoms with E-state index in [4.69, 9.17) is 0 Å². The van der Waals surface area contributed by atoms with Crippen molar-refractivity contribution < 1.29 is 5.11 Å². The van der Waals surface area contributed by atoms with Crippen molar-refractivity contribution in [3.05, 3.63) is 0 Å². The van der Waals surface area contributed by atoms with Crippen LogP contribution in [0.1, 0.15) is 47.5 Å². The molecule has 12 heavy (non-hydrogen) atoms. The molecule has 0 aromatic carbocycles. The molecule has 74 valence electrons. The molecule has 0 amide bonds. The van der Waals surface area contributed by atoms with Crippen LogP contribution in [0.5, 0.6) is 0 Å². The van der Waals surface area contributed by atoms with Crippen molar-refractivity contribution in [3.63, 3.8) is 0 Å². The summed E-state index contributed by atoms with van der Waals surface area (Å²) < 4.78 is 0. The van der Waals surface area contributed by atoms with Crippen LogP contribution in [0.2, 0.25) is 0 Å². The third kappa shape index (κ3) is 4.07. The molecule has 0 saturated heterocycles. The summed E-state index contributed by atoms with van der Waals surface area (Å²) >= 11 is 0. The van der Waals surface area contributed by atoms with Crippen LogP contribution < -0.4 is 5.32 Å². The summed E-state index contributed by atoms with van der Waals surface area (Å²) in [4.78, 5) is 0. The summed E-state index contributed by atoms with van der Waals surface area (Å²) in [6.07, 6.45) is 2.24. The van der Waals surface area contributed by atoms with Gasteiger partial charge in [-0.1, -0.05) is 13.8 Å². The maximum atomic E-state index is 9.66. The highest BCUT2D eigenvalue weighted by atomic mass is 16.3. The minimum atomic E-state index is -0.622. The van der Waals surface area contributed by atoms with Crippen LogP contribution in [0.4, 0.5) is 0 Å². The van der Waals surface area contributed by atoms with Gasteiger partial charge in [-0.25, -0.2) is 0 Å². The molecule has 0 bridgehead atoms. The van der Waals surface area contributed by atoms with E-state index in [9.17, 15) is 5.11 Å². The van der Waals surface area contributed by atoms with Gasteiger partial charge in [0, 0.05) is 12.1 Å². The van der Waals surface area contributed by atoms with Crippen LogP contribution in [0, 0.1) is 0 Å². The van der Waals surface area contributed by atoms with Crippen molar-refractivity contribution in [3.8, 4) is 0 Å². The van der Waals surface area contributed by atoms with Gasteiger partial charge in [0.15, 0.2) is 0 Å². The van der Waals surface area contributed by atoms with Gasteiger partial charge in [-0.2, -0.15) is 0 Å². The van der Waals surface area contributed by atoms with E-state index in [-0.39, 0.29) is 6.04 Å². The van der Waals surface area contributed by atoms with Crippen molar-refractivity contribution in [2.45, 2.75) is 65.1 Å². The van der Waals surface area contributed by atoms with Crippen LogP contribution >= 0.6 is 0 Å². The molecule has 0 heterocycles. The van der Waals surface area contributed by atoms with Crippen LogP contribution in [-0.2, 0) is 0 Å². The first-order valence-corrected chi connectivity index (χ1v) is 4.90. The number of rotatable bonds is 5. The number of aliphatic hydroxyl groups is 1. The van der Waals surface area contributed by atoms with Gasteiger partial charge in [0.2, 0.25) is 0 Å². The highest BCUT2D eigenvalue weighted by Crippen LogP contribution is 2.10. The minimum Gasteiger partial charge on any atom is -0.389 e. The largest absolute Gasteiger partial charge is 0.389 e. The Hall–Kier alpha value is -0.0800. The van der Waals surface area contributed by atoms with Gasteiger partial charge in [0.25, 0.3) is 0 Å². The standard InChI is InChI=1S/C10H23NO/c1-6-9(7-2)11-8(3)10(4,5)12/h8-9,11-12H,6-7H2,1-5H3. The van der Waals surface area contributed by atoms with E-state index in [0.29, 0.717) is 6.04 Å². The zero-order valence-electron chi connectivity index (χ0n) is 9.02. The third-order valence-electron chi connectivity index (χ3n) is 2.53. The highest BCUT2D eigenvalue weighted by Gasteiger charge is 2.23. The van der Waals surface area contributed by atoms with E-state index in [1.165, 1.54) is 0 Å². The van der Waals surface area contributed by atoms with Gasteiger partial charge in [-0.05, 0) is 33.6 Å². The second-order valence-electron chi connectivity index (χ2n) is 4.06. The SMILES string of the molecule is CCC(CC)NC(C)C(C)(C)O. The number of hydrogen-bond donors (Lipinski definition) is 2. The van der Waals surface area contributed by atoms with Crippen molar-refractivity contribution in [2.24, 2.45) is 0 Å². The molecule has 0 aromatic rings. The average Bonchev–Trinajstić information content (AvgIpc) is 1.97. The summed E-state index contributed by atoms with van der Waals surface area (Å²) in [5.41, 5.74) is -0.622. The Morgan fingerprint density at radius 2 is 1.67 bits per heavy atom. The topological polar surface area (TPSA) is 32.3 Å². The summed E-state index contributed by atoms with van der Waals surface area (Å²) in [6.45, 7) is 10.0. The minimum absolute atomic E-state index is 0.155. The van der Waals surface area contributed by atoms with Crippen LogP contribution in [-0.4, -0.2) is 22.8 Å². The van der Waals surface area contributed by atoms with E-state index >= 15 is 0 Å². The first-order chi connectivity index (χ1) is 5.41. The van der Waals surface area contributed by atoms with Crippen molar-refractivity contribution >= 4 is 0 Å². The van der Waals surface area contributed by atoms with E-state index in [1.807, 2.05) is 20.8 Å². The molecular formula is C10H23NO. The maximum absolute atomic E-state index is 9.66. The monoisotopic (exact) mass is 173 g/mol. The van der Waals surface area contributed by atoms with Gasteiger partial charge in [-0.15, -0.1) is 0 Å². The summed E-state index contributed by atoms with van der Waals surface area (Å²) in [6, 6.07) is 0.689.